The van der Waals surface area contributed by atoms with Gasteiger partial charge in [0.2, 0.25) is 0 Å². The molecule has 0 fully saturated rings. The predicted molar refractivity (Wildman–Crippen MR) is 118 cm³/mol. The van der Waals surface area contributed by atoms with Crippen molar-refractivity contribution in [1.29, 1.82) is 0 Å². The Labute approximate surface area is 173 Å². The lowest BCUT2D eigenvalue weighted by atomic mass is 10.1. The molecule has 0 spiro atoms. The summed E-state index contributed by atoms with van der Waals surface area (Å²) in [5, 5.41) is 0.314. The van der Waals surface area contributed by atoms with E-state index < -0.39 is 8.32 Å². The molecule has 0 aliphatic heterocycles. The van der Waals surface area contributed by atoms with Crippen LogP contribution in [0, 0.1) is 0 Å². The second-order valence-corrected chi connectivity index (χ2v) is 14.0. The second kappa shape index (κ2) is 13.1. The van der Waals surface area contributed by atoms with Gasteiger partial charge in [-0.05, 0) is 31.0 Å². The smallest absolute Gasteiger partial charge is 0.419 e. The van der Waals surface area contributed by atoms with E-state index in [1.54, 1.807) is 12.4 Å². The van der Waals surface area contributed by atoms with Crippen LogP contribution in [-0.2, 0) is 9.16 Å². The molecule has 1 aromatic rings. The zero-order valence-corrected chi connectivity index (χ0v) is 19.8. The van der Waals surface area contributed by atoms with Crippen molar-refractivity contribution in [2.45, 2.75) is 103 Å². The van der Waals surface area contributed by atoms with E-state index >= 15 is 0 Å². The summed E-state index contributed by atoms with van der Waals surface area (Å²) in [6.45, 7) is 13.0. The molecule has 162 valence electrons. The van der Waals surface area contributed by atoms with Gasteiger partial charge in [-0.25, -0.2) is 14.3 Å². The maximum absolute atomic E-state index is 11.6. The van der Waals surface area contributed by atoms with Gasteiger partial charge in [0.05, 0.1) is 6.61 Å². The average Bonchev–Trinajstić information content (AvgIpc) is 3.15. The van der Waals surface area contributed by atoms with Crippen LogP contribution in [0.25, 0.3) is 0 Å². The minimum Gasteiger partial charge on any atom is -0.449 e. The van der Waals surface area contributed by atoms with Gasteiger partial charge in [-0.2, -0.15) is 0 Å². The summed E-state index contributed by atoms with van der Waals surface area (Å²) >= 11 is 0. The van der Waals surface area contributed by atoms with Crippen LogP contribution >= 0.6 is 0 Å². The van der Waals surface area contributed by atoms with Crippen LogP contribution in [0.5, 0.6) is 0 Å². The van der Waals surface area contributed by atoms with E-state index in [4.69, 9.17) is 9.16 Å². The van der Waals surface area contributed by atoms with Gasteiger partial charge in [0, 0.05) is 19.0 Å². The molecule has 0 radical (unpaired) electrons. The number of carbonyl (C=O) groups excluding carboxylic acids is 1. The van der Waals surface area contributed by atoms with E-state index in [2.05, 4.69) is 38.8 Å². The maximum Gasteiger partial charge on any atom is 0.419 e. The number of unbranched alkanes of at least 4 members (excludes halogenated alkanes) is 9. The van der Waals surface area contributed by atoms with Gasteiger partial charge in [0.25, 0.3) is 0 Å². The van der Waals surface area contributed by atoms with Crippen LogP contribution in [0.1, 0.15) is 85.0 Å². The van der Waals surface area contributed by atoms with Gasteiger partial charge in [0.15, 0.2) is 8.32 Å². The third-order valence-corrected chi connectivity index (χ3v) is 10.3. The van der Waals surface area contributed by atoms with Gasteiger partial charge >= 0.3 is 6.09 Å². The van der Waals surface area contributed by atoms with E-state index in [-0.39, 0.29) is 6.09 Å². The lowest BCUT2D eigenvalue weighted by Gasteiger charge is -2.36. The van der Waals surface area contributed by atoms with E-state index in [1.165, 1.54) is 62.3 Å². The lowest BCUT2D eigenvalue weighted by molar-refractivity contribution is 0.145. The molecule has 0 bridgehead atoms. The molecule has 0 amide bonds. The number of hydrogen-bond donors (Lipinski definition) is 0. The second-order valence-electron chi connectivity index (χ2n) is 9.23. The number of hydrogen-bond acceptors (Lipinski definition) is 4. The van der Waals surface area contributed by atoms with Gasteiger partial charge < -0.3 is 9.16 Å². The summed E-state index contributed by atoms with van der Waals surface area (Å²) < 4.78 is 12.8. The highest BCUT2D eigenvalue weighted by Gasteiger charge is 2.36. The normalized spacial score (nSPS) is 12.3. The van der Waals surface area contributed by atoms with Gasteiger partial charge in [-0.1, -0.05) is 72.1 Å². The monoisotopic (exact) mass is 410 g/mol. The van der Waals surface area contributed by atoms with Gasteiger partial charge in [-0.15, -0.1) is 0 Å². The molecule has 6 heteroatoms. The Kier molecular flexibility index (Phi) is 11.7. The molecule has 0 aromatic carbocycles. The molecule has 0 unspecified atom stereocenters. The summed E-state index contributed by atoms with van der Waals surface area (Å²) in [4.78, 5) is 15.4. The largest absolute Gasteiger partial charge is 0.449 e. The van der Waals surface area contributed by atoms with Crippen molar-refractivity contribution in [3.63, 3.8) is 0 Å². The van der Waals surface area contributed by atoms with Crippen molar-refractivity contribution in [2.24, 2.45) is 0 Å². The fraction of sp³-hybridized carbons (Fsp3) is 0.818. The van der Waals surface area contributed by atoms with Crippen molar-refractivity contribution >= 4 is 14.4 Å². The maximum atomic E-state index is 11.6. The highest BCUT2D eigenvalue weighted by molar-refractivity contribution is 6.74. The summed E-state index contributed by atoms with van der Waals surface area (Å²) in [5.41, 5.74) is 0. The lowest BCUT2D eigenvalue weighted by Crippen LogP contribution is -2.40. The highest BCUT2D eigenvalue weighted by Crippen LogP contribution is 2.36. The molecule has 1 aromatic heterocycles. The highest BCUT2D eigenvalue weighted by atomic mass is 28.4. The zero-order chi connectivity index (χ0) is 20.9. The van der Waals surface area contributed by atoms with Crippen LogP contribution in [0.4, 0.5) is 4.79 Å². The van der Waals surface area contributed by atoms with Crippen LogP contribution in [-0.4, -0.2) is 37.2 Å². The van der Waals surface area contributed by atoms with Crippen molar-refractivity contribution in [3.8, 4) is 0 Å². The Morgan fingerprint density at radius 1 is 0.893 bits per heavy atom. The quantitative estimate of drug-likeness (QED) is 0.250. The zero-order valence-electron chi connectivity index (χ0n) is 18.8. The summed E-state index contributed by atoms with van der Waals surface area (Å²) in [6.07, 6.45) is 16.7. The Morgan fingerprint density at radius 3 is 1.86 bits per heavy atom. The van der Waals surface area contributed by atoms with E-state index in [0.717, 1.165) is 19.4 Å². The van der Waals surface area contributed by atoms with Crippen LogP contribution < -0.4 is 0 Å². The van der Waals surface area contributed by atoms with E-state index in [1.807, 2.05) is 0 Å². The average molecular weight is 411 g/mol. The number of aromatic nitrogens is 2. The predicted octanol–water partition coefficient (Wildman–Crippen LogP) is 6.79. The first-order valence-electron chi connectivity index (χ1n) is 11.0. The topological polar surface area (TPSA) is 53.4 Å². The van der Waals surface area contributed by atoms with Crippen molar-refractivity contribution in [3.05, 3.63) is 18.7 Å². The molecule has 1 rings (SSSR count). The third kappa shape index (κ3) is 10.4. The molecular weight excluding hydrogens is 368 g/mol. The molecule has 28 heavy (non-hydrogen) atoms. The number of nitrogens with zero attached hydrogens (tertiary/aromatic N) is 2. The summed E-state index contributed by atoms with van der Waals surface area (Å²) in [5.74, 6) is 0. The first kappa shape index (κ1) is 24.9. The SMILES string of the molecule is CC(C)(C)[Si](C)(C)OCCCCCCCCCCCCOC(=O)n1ccnc1. The Morgan fingerprint density at radius 2 is 1.39 bits per heavy atom. The van der Waals surface area contributed by atoms with Crippen LogP contribution in [0.15, 0.2) is 18.7 Å². The minimum absolute atomic E-state index is 0.314. The van der Waals surface area contributed by atoms with Crippen LogP contribution in [0.3, 0.4) is 0 Å². The first-order chi connectivity index (χ1) is 13.2. The molecule has 0 aliphatic rings. The minimum atomic E-state index is -1.56. The van der Waals surface area contributed by atoms with Crippen molar-refractivity contribution in [2.75, 3.05) is 13.2 Å². The fourth-order valence-corrected chi connectivity index (χ4v) is 3.85. The third-order valence-electron chi connectivity index (χ3n) is 5.75. The number of carbonyl (C=O) groups is 1. The summed E-state index contributed by atoms with van der Waals surface area (Å²) in [7, 11) is -1.56. The first-order valence-corrected chi connectivity index (χ1v) is 13.9. The molecule has 0 aliphatic carbocycles. The Bertz CT molecular complexity index is 524. The molecule has 0 saturated carbocycles. The number of imidazole rings is 1. The number of ether oxygens (including phenoxy) is 1. The molecule has 5 nitrogen and oxygen atoms in total. The van der Waals surface area contributed by atoms with Crippen LogP contribution in [0.2, 0.25) is 18.1 Å². The fourth-order valence-electron chi connectivity index (χ4n) is 2.76. The standard InChI is InChI=1S/C22H42N2O3Si/c1-22(2,3)28(4,5)27-19-15-13-11-9-7-6-8-10-12-14-18-26-21(25)24-17-16-23-20-24/h16-17,20H,6-15,18-19H2,1-5H3. The summed E-state index contributed by atoms with van der Waals surface area (Å²) in [6, 6.07) is 0. The molecular formula is C22H42N2O3Si. The number of rotatable bonds is 14. The molecule has 1 heterocycles. The van der Waals surface area contributed by atoms with Gasteiger partial charge in [0.1, 0.15) is 6.33 Å². The Hall–Kier alpha value is -1.14. The van der Waals surface area contributed by atoms with E-state index in [9.17, 15) is 4.79 Å². The van der Waals surface area contributed by atoms with Gasteiger partial charge in [-0.3, -0.25) is 0 Å². The van der Waals surface area contributed by atoms with Crippen molar-refractivity contribution < 1.29 is 14.0 Å². The van der Waals surface area contributed by atoms with E-state index in [0.29, 0.717) is 11.6 Å². The molecule has 0 atom stereocenters. The van der Waals surface area contributed by atoms with Crippen molar-refractivity contribution in [1.82, 2.24) is 9.55 Å². The Balaban J connectivity index is 1.83. The molecule has 0 N–H and O–H groups in total. The molecule has 0 saturated heterocycles.